The molecule has 3 aliphatic carbocycles. The number of nitrogens with one attached hydrogen (secondary N) is 1. The maximum Gasteiger partial charge on any atom is 0.338 e. The van der Waals surface area contributed by atoms with E-state index >= 15 is 0 Å². The van der Waals surface area contributed by atoms with Crippen molar-refractivity contribution in [3.05, 3.63) is 59.7 Å². The molecule has 0 spiro atoms. The second kappa shape index (κ2) is 17.8. The summed E-state index contributed by atoms with van der Waals surface area (Å²) < 4.78 is 23.7. The van der Waals surface area contributed by atoms with Crippen LogP contribution in [0.4, 0.5) is 0 Å². The normalized spacial score (nSPS) is 34.6. The molecular weight excluding hydrogens is 1130 g/mol. The summed E-state index contributed by atoms with van der Waals surface area (Å²) in [5.74, 6) is -5.67. The Labute approximate surface area is 386 Å². The third-order valence-corrected chi connectivity index (χ3v) is 11.8. The van der Waals surface area contributed by atoms with E-state index in [2.05, 4.69) is 11.9 Å². The van der Waals surface area contributed by atoms with E-state index in [1.54, 1.807) is 32.0 Å². The SMILES string of the molecule is C=CCCC(=O)OC1CC2OC[C@@]2(O)C2C(OC(=O)c3ccccc3)C3(O)CC(OC(=O)C(O)[C@H](C)NC(C)=O)C(C)=C(C(O)C(=O)[C@]12C)C3(C)C.[Ac].[Ac]. The number of allylic oxidation sites excluding steroid dienone is 1. The zero-order valence-electron chi connectivity index (χ0n) is 31.4. The van der Waals surface area contributed by atoms with Crippen LogP contribution in [0.15, 0.2) is 54.1 Å². The Hall–Kier alpha value is -1.07. The van der Waals surface area contributed by atoms with Gasteiger partial charge >= 0.3 is 17.9 Å². The molecule has 0 aromatic heterocycles. The quantitative estimate of drug-likeness (QED) is 0.128. The molecule has 5 N–H and O–H groups in total. The number of carbonyl (C=O) groups is 5. The standard InChI is InChI=1S/C38H49NO13.2Ac/c1-8-9-15-26(41)51-24-16-25-37(47,18-49-25)30-32(52-33(45)22-13-11-10-12-14-22)38(48)17-23(50-34(46)28(42)20(3)39-21(4)40)19(2)27(35(38,5)6)29(43)31(44)36(24,30)7;;/h8,10-14,20,23-25,28-30,32,42-43,47-48H,1,9,15-18H2,2-7H3,(H,39,40);;/t20-,23?,24?,25?,28?,29?,30?,32?,36+,37-,38?;;/m0../s1. The van der Waals surface area contributed by atoms with E-state index in [9.17, 15) is 44.4 Å². The van der Waals surface area contributed by atoms with Crippen LogP contribution in [-0.4, -0.2) is 110 Å². The van der Waals surface area contributed by atoms with Crippen LogP contribution in [0.1, 0.15) is 77.6 Å². The number of benzene rings is 1. The molecule has 11 atom stereocenters. The number of ether oxygens (including phenoxy) is 4. The molecule has 290 valence electrons. The van der Waals surface area contributed by atoms with Gasteiger partial charge in [-0.2, -0.15) is 0 Å². The molecule has 14 nitrogen and oxygen atoms in total. The van der Waals surface area contributed by atoms with Crippen LogP contribution < -0.4 is 5.32 Å². The van der Waals surface area contributed by atoms with Gasteiger partial charge < -0.3 is 44.7 Å². The Balaban J connectivity index is 0.00000392. The molecule has 2 radical (unpaired) electrons. The van der Waals surface area contributed by atoms with Gasteiger partial charge in [-0.25, -0.2) is 9.59 Å². The average molecular weight is 1180 g/mol. The maximum atomic E-state index is 15.0. The van der Waals surface area contributed by atoms with Crippen molar-refractivity contribution in [3.63, 3.8) is 0 Å². The molecule has 54 heavy (non-hydrogen) atoms. The van der Waals surface area contributed by atoms with Gasteiger partial charge in [0.1, 0.15) is 35.6 Å². The minimum Gasteiger partial charge on any atom is -0.461 e. The van der Waals surface area contributed by atoms with Crippen molar-refractivity contribution in [1.82, 2.24) is 5.32 Å². The van der Waals surface area contributed by atoms with Crippen molar-refractivity contribution >= 4 is 29.6 Å². The molecular formula is C38H49Ac2NO13. The first-order valence-corrected chi connectivity index (χ1v) is 17.5. The first-order chi connectivity index (χ1) is 24.2. The van der Waals surface area contributed by atoms with E-state index < -0.39 is 107 Å². The maximum absolute atomic E-state index is 15.0. The number of carbonyl (C=O) groups excluding carboxylic acids is 5. The van der Waals surface area contributed by atoms with Crippen LogP contribution in [0.25, 0.3) is 0 Å². The first kappa shape index (κ1) is 47.3. The fourth-order valence-electron chi connectivity index (χ4n) is 8.78. The number of esters is 3. The summed E-state index contributed by atoms with van der Waals surface area (Å²) in [5, 5.41) is 50.9. The smallest absolute Gasteiger partial charge is 0.338 e. The second-order valence-corrected chi connectivity index (χ2v) is 15.3. The van der Waals surface area contributed by atoms with E-state index in [0.29, 0.717) is 0 Å². The van der Waals surface area contributed by atoms with Crippen LogP contribution in [-0.2, 0) is 38.1 Å². The van der Waals surface area contributed by atoms with Gasteiger partial charge in [0.25, 0.3) is 0 Å². The number of rotatable bonds is 10. The van der Waals surface area contributed by atoms with E-state index in [1.165, 1.54) is 45.9 Å². The third-order valence-electron chi connectivity index (χ3n) is 11.8. The Morgan fingerprint density at radius 1 is 1.07 bits per heavy atom. The fourth-order valence-corrected chi connectivity index (χ4v) is 8.78. The number of Topliss-reactive ketones (excluding diaryl/α,β-unsaturated/α-hetero) is 1. The van der Waals surface area contributed by atoms with Crippen LogP contribution in [0.3, 0.4) is 0 Å². The Bertz CT molecular complexity index is 1670. The molecule has 2 bridgehead atoms. The molecule has 8 unspecified atom stereocenters. The zero-order chi connectivity index (χ0) is 38.6. The predicted molar refractivity (Wildman–Crippen MR) is 182 cm³/mol. The summed E-state index contributed by atoms with van der Waals surface area (Å²) in [4.78, 5) is 67.0. The molecule has 1 saturated heterocycles. The Morgan fingerprint density at radius 3 is 2.26 bits per heavy atom. The van der Waals surface area contributed by atoms with Gasteiger partial charge in [0.2, 0.25) is 5.91 Å². The predicted octanol–water partition coefficient (Wildman–Crippen LogP) is 1.46. The number of aliphatic hydroxyl groups excluding tert-OH is 2. The van der Waals surface area contributed by atoms with Crippen LogP contribution in [0, 0.1) is 105 Å². The van der Waals surface area contributed by atoms with Crippen LogP contribution in [0.5, 0.6) is 0 Å². The van der Waals surface area contributed by atoms with Gasteiger partial charge in [-0.1, -0.05) is 38.1 Å². The third kappa shape index (κ3) is 8.14. The van der Waals surface area contributed by atoms with Crippen molar-refractivity contribution in [2.45, 2.75) is 121 Å². The summed E-state index contributed by atoms with van der Waals surface area (Å²) in [6, 6.07) is 6.82. The molecule has 2 saturated carbocycles. The number of aliphatic hydroxyl groups is 4. The van der Waals surface area contributed by atoms with Gasteiger partial charge in [-0.3, -0.25) is 14.4 Å². The molecule has 4 aliphatic rings. The summed E-state index contributed by atoms with van der Waals surface area (Å²) in [7, 11) is 0. The van der Waals surface area contributed by atoms with Crippen molar-refractivity contribution in [3.8, 4) is 0 Å². The van der Waals surface area contributed by atoms with Gasteiger partial charge in [-0.05, 0) is 50.5 Å². The van der Waals surface area contributed by atoms with Crippen molar-refractivity contribution in [1.29, 1.82) is 0 Å². The molecule has 3 fully saturated rings. The molecule has 5 rings (SSSR count). The number of hydrogen-bond acceptors (Lipinski definition) is 13. The van der Waals surface area contributed by atoms with Gasteiger partial charge in [0, 0.05) is 126 Å². The molecule has 1 amide bonds. The molecule has 1 heterocycles. The largest absolute Gasteiger partial charge is 0.461 e. The van der Waals surface area contributed by atoms with E-state index in [4.69, 9.17) is 18.9 Å². The number of ketones is 1. The van der Waals surface area contributed by atoms with Crippen molar-refractivity contribution in [2.24, 2.45) is 16.7 Å². The molecule has 16 heteroatoms. The summed E-state index contributed by atoms with van der Waals surface area (Å²) in [6.45, 7) is 11.9. The second-order valence-electron chi connectivity index (χ2n) is 15.3. The number of fused-ring (bicyclic) bond motifs is 5. The Morgan fingerprint density at radius 2 is 1.70 bits per heavy atom. The van der Waals surface area contributed by atoms with E-state index in [1.807, 2.05) is 0 Å². The molecule has 1 aromatic carbocycles. The fraction of sp³-hybridized carbons (Fsp3) is 0.605. The first-order valence-electron chi connectivity index (χ1n) is 17.5. The van der Waals surface area contributed by atoms with Gasteiger partial charge in [0.15, 0.2) is 11.9 Å². The van der Waals surface area contributed by atoms with E-state index in [-0.39, 0.29) is 131 Å². The summed E-state index contributed by atoms with van der Waals surface area (Å²) in [6.07, 6.45) is -8.16. The van der Waals surface area contributed by atoms with Gasteiger partial charge in [0.05, 0.1) is 29.7 Å². The van der Waals surface area contributed by atoms with Crippen molar-refractivity contribution in [2.75, 3.05) is 6.61 Å². The minimum absolute atomic E-state index is 0. The van der Waals surface area contributed by atoms with Crippen LogP contribution >= 0.6 is 0 Å². The molecule has 1 aliphatic heterocycles. The van der Waals surface area contributed by atoms with Gasteiger partial charge in [-0.15, -0.1) is 6.58 Å². The minimum atomic E-state index is -2.30. The van der Waals surface area contributed by atoms with Crippen LogP contribution in [0.2, 0.25) is 0 Å². The summed E-state index contributed by atoms with van der Waals surface area (Å²) >= 11 is 0. The average Bonchev–Trinajstić information content (AvgIpc) is 3.08. The number of hydrogen-bond donors (Lipinski definition) is 5. The van der Waals surface area contributed by atoms with Crippen molar-refractivity contribution < 1.29 is 151 Å². The number of amides is 1. The van der Waals surface area contributed by atoms with E-state index in [0.717, 1.165) is 0 Å². The topological polar surface area (TPSA) is 215 Å². The Kier molecular flexibility index (Phi) is 15.6. The summed E-state index contributed by atoms with van der Waals surface area (Å²) in [5.41, 5.74) is -7.54. The monoisotopic (exact) mass is 1180 g/mol. The molecule has 1 aromatic rings. The zero-order valence-corrected chi connectivity index (χ0v) is 40.9.